The Bertz CT molecular complexity index is 909. The first kappa shape index (κ1) is 20.5. The van der Waals surface area contributed by atoms with Gasteiger partial charge in [0.05, 0.1) is 11.3 Å². The van der Waals surface area contributed by atoms with E-state index in [1.54, 1.807) is 12.1 Å². The van der Waals surface area contributed by atoms with Crippen LogP contribution in [0.25, 0.3) is 0 Å². The van der Waals surface area contributed by atoms with Crippen molar-refractivity contribution in [3.05, 3.63) is 64.7 Å². The van der Waals surface area contributed by atoms with Gasteiger partial charge in [0.2, 0.25) is 11.8 Å². The van der Waals surface area contributed by atoms with Crippen LogP contribution in [-0.2, 0) is 25.5 Å². The summed E-state index contributed by atoms with van der Waals surface area (Å²) < 4.78 is 5.00. The Kier molecular flexibility index (Phi) is 6.61. The van der Waals surface area contributed by atoms with Crippen molar-refractivity contribution in [2.75, 3.05) is 18.1 Å². The van der Waals surface area contributed by atoms with E-state index >= 15 is 0 Å². The van der Waals surface area contributed by atoms with Gasteiger partial charge < -0.3 is 10.1 Å². The van der Waals surface area contributed by atoms with Crippen LogP contribution in [-0.4, -0.2) is 36.8 Å². The molecule has 2 aromatic rings. The smallest absolute Gasteiger partial charge is 0.338 e. The van der Waals surface area contributed by atoms with Crippen molar-refractivity contribution in [1.82, 2.24) is 5.32 Å². The molecule has 0 atom stereocenters. The van der Waals surface area contributed by atoms with Crippen molar-refractivity contribution in [2.45, 2.75) is 19.3 Å². The molecular formula is C21H19ClN2O5. The van der Waals surface area contributed by atoms with Crippen molar-refractivity contribution in [3.8, 4) is 0 Å². The zero-order chi connectivity index (χ0) is 20.8. The molecule has 3 rings (SSSR count). The van der Waals surface area contributed by atoms with Crippen molar-refractivity contribution < 1.29 is 23.9 Å². The lowest BCUT2D eigenvalue weighted by Gasteiger charge is -2.14. The lowest BCUT2D eigenvalue weighted by atomic mass is 10.1. The fraction of sp³-hybridized carbons (Fsp3) is 0.238. The summed E-state index contributed by atoms with van der Waals surface area (Å²) in [6, 6.07) is 13.2. The fourth-order valence-corrected chi connectivity index (χ4v) is 3.00. The first-order valence-electron chi connectivity index (χ1n) is 9.08. The highest BCUT2D eigenvalue weighted by Crippen LogP contribution is 2.22. The van der Waals surface area contributed by atoms with Crippen LogP contribution in [0.5, 0.6) is 0 Å². The molecule has 0 aliphatic carbocycles. The van der Waals surface area contributed by atoms with E-state index in [0.717, 1.165) is 10.5 Å². The summed E-state index contributed by atoms with van der Waals surface area (Å²) >= 11 is 5.82. The van der Waals surface area contributed by atoms with Crippen LogP contribution in [0.1, 0.15) is 28.8 Å². The third kappa shape index (κ3) is 5.42. The number of anilines is 1. The van der Waals surface area contributed by atoms with Gasteiger partial charge in [0.25, 0.3) is 5.91 Å². The molecule has 1 saturated heterocycles. The summed E-state index contributed by atoms with van der Waals surface area (Å²) in [5, 5.41) is 3.33. The second kappa shape index (κ2) is 9.34. The second-order valence-corrected chi connectivity index (χ2v) is 6.91. The van der Waals surface area contributed by atoms with Crippen LogP contribution < -0.4 is 10.2 Å². The average Bonchev–Trinajstić information content (AvgIpc) is 3.06. The molecule has 0 spiro atoms. The zero-order valence-electron chi connectivity index (χ0n) is 15.5. The Balaban J connectivity index is 1.44. The molecule has 29 heavy (non-hydrogen) atoms. The molecule has 150 valence electrons. The maximum absolute atomic E-state index is 12.1. The van der Waals surface area contributed by atoms with Crippen molar-refractivity contribution in [1.29, 1.82) is 0 Å². The summed E-state index contributed by atoms with van der Waals surface area (Å²) in [7, 11) is 0. The normalized spacial score (nSPS) is 13.5. The Labute approximate surface area is 172 Å². The first-order chi connectivity index (χ1) is 13.9. The molecule has 0 unspecified atom stereocenters. The Morgan fingerprint density at radius 3 is 2.21 bits per heavy atom. The van der Waals surface area contributed by atoms with Crippen LogP contribution in [0, 0.1) is 0 Å². The Morgan fingerprint density at radius 2 is 1.59 bits per heavy atom. The van der Waals surface area contributed by atoms with Gasteiger partial charge in [-0.15, -0.1) is 0 Å². The van der Waals surface area contributed by atoms with Crippen LogP contribution in [0.2, 0.25) is 5.02 Å². The highest BCUT2D eigenvalue weighted by molar-refractivity contribution is 6.30. The Morgan fingerprint density at radius 1 is 0.966 bits per heavy atom. The van der Waals surface area contributed by atoms with Gasteiger partial charge in [0.1, 0.15) is 0 Å². The number of nitrogens with zero attached hydrogens (tertiary/aromatic N) is 1. The maximum Gasteiger partial charge on any atom is 0.338 e. The molecule has 0 radical (unpaired) electrons. The molecule has 0 bridgehead atoms. The minimum Gasteiger partial charge on any atom is -0.452 e. The molecule has 1 aliphatic heterocycles. The van der Waals surface area contributed by atoms with E-state index in [9.17, 15) is 19.2 Å². The minimum atomic E-state index is -0.663. The largest absolute Gasteiger partial charge is 0.452 e. The SMILES string of the molecule is O=C(COC(=O)c1ccc(N2C(=O)CCC2=O)cc1)NCCc1ccc(Cl)cc1. The third-order valence-corrected chi connectivity index (χ3v) is 4.65. The number of hydrogen-bond donors (Lipinski definition) is 1. The number of nitrogens with one attached hydrogen (secondary N) is 1. The van der Waals surface area contributed by atoms with Gasteiger partial charge in [-0.2, -0.15) is 0 Å². The first-order valence-corrected chi connectivity index (χ1v) is 9.46. The number of carbonyl (C=O) groups excluding carboxylic acids is 4. The fourth-order valence-electron chi connectivity index (χ4n) is 2.87. The van der Waals surface area contributed by atoms with Gasteiger partial charge in [0, 0.05) is 24.4 Å². The van der Waals surface area contributed by atoms with E-state index < -0.39 is 18.5 Å². The minimum absolute atomic E-state index is 0.190. The molecule has 1 heterocycles. The Hall–Kier alpha value is -3.19. The van der Waals surface area contributed by atoms with Gasteiger partial charge in [-0.3, -0.25) is 19.3 Å². The zero-order valence-corrected chi connectivity index (χ0v) is 16.3. The number of halogens is 1. The van der Waals surface area contributed by atoms with Crippen molar-refractivity contribution in [3.63, 3.8) is 0 Å². The predicted molar refractivity (Wildman–Crippen MR) is 107 cm³/mol. The number of benzene rings is 2. The average molecular weight is 415 g/mol. The molecule has 0 saturated carbocycles. The number of hydrogen-bond acceptors (Lipinski definition) is 5. The van der Waals surface area contributed by atoms with E-state index in [0.29, 0.717) is 23.7 Å². The summed E-state index contributed by atoms with van der Waals surface area (Å²) in [6.45, 7) is 0.00883. The topological polar surface area (TPSA) is 92.8 Å². The third-order valence-electron chi connectivity index (χ3n) is 4.40. The van der Waals surface area contributed by atoms with E-state index in [2.05, 4.69) is 5.32 Å². The highest BCUT2D eigenvalue weighted by atomic mass is 35.5. The molecule has 7 nitrogen and oxygen atoms in total. The van der Waals surface area contributed by atoms with Crippen molar-refractivity contribution >= 4 is 41.0 Å². The highest BCUT2D eigenvalue weighted by Gasteiger charge is 2.30. The number of amides is 3. The molecular weight excluding hydrogens is 396 g/mol. The molecule has 2 aromatic carbocycles. The van der Waals surface area contributed by atoms with Crippen LogP contribution in [0.3, 0.4) is 0 Å². The van der Waals surface area contributed by atoms with Crippen LogP contribution in [0.4, 0.5) is 5.69 Å². The summed E-state index contributed by atoms with van der Waals surface area (Å²) in [6.07, 6.45) is 1.01. The molecule has 3 amide bonds. The summed E-state index contributed by atoms with van der Waals surface area (Å²) in [4.78, 5) is 48.5. The number of rotatable bonds is 7. The van der Waals surface area contributed by atoms with Gasteiger partial charge >= 0.3 is 5.97 Å². The molecule has 1 aliphatic rings. The lowest BCUT2D eigenvalue weighted by Crippen LogP contribution is -2.30. The molecule has 8 heteroatoms. The van der Waals surface area contributed by atoms with Gasteiger partial charge in [-0.05, 0) is 48.4 Å². The standard InChI is InChI=1S/C21H19ClN2O5/c22-16-5-1-14(2-6-16)11-12-23-18(25)13-29-21(28)15-3-7-17(8-4-15)24-19(26)9-10-20(24)27/h1-8H,9-13H2,(H,23,25). The lowest BCUT2D eigenvalue weighted by molar-refractivity contribution is -0.124. The number of esters is 1. The maximum atomic E-state index is 12.1. The quantitative estimate of drug-likeness (QED) is 0.555. The van der Waals surface area contributed by atoms with E-state index in [1.807, 2.05) is 12.1 Å². The van der Waals surface area contributed by atoms with Crippen LogP contribution >= 0.6 is 11.6 Å². The predicted octanol–water partition coefficient (Wildman–Crippen LogP) is 2.51. The number of imide groups is 1. The van der Waals surface area contributed by atoms with Gasteiger partial charge in [-0.1, -0.05) is 23.7 Å². The monoisotopic (exact) mass is 414 g/mol. The number of carbonyl (C=O) groups is 4. The molecule has 0 aromatic heterocycles. The van der Waals surface area contributed by atoms with Gasteiger partial charge in [-0.25, -0.2) is 4.79 Å². The molecule has 1 fully saturated rings. The van der Waals surface area contributed by atoms with Gasteiger partial charge in [0.15, 0.2) is 6.61 Å². The second-order valence-electron chi connectivity index (χ2n) is 6.47. The van der Waals surface area contributed by atoms with E-state index in [1.165, 1.54) is 24.3 Å². The van der Waals surface area contributed by atoms with Crippen molar-refractivity contribution in [2.24, 2.45) is 0 Å². The number of ether oxygens (including phenoxy) is 1. The summed E-state index contributed by atoms with van der Waals surface area (Å²) in [5.41, 5.74) is 1.66. The van der Waals surface area contributed by atoms with E-state index in [-0.39, 0.29) is 30.2 Å². The molecule has 1 N–H and O–H groups in total. The van der Waals surface area contributed by atoms with E-state index in [4.69, 9.17) is 16.3 Å². The van der Waals surface area contributed by atoms with Crippen LogP contribution in [0.15, 0.2) is 48.5 Å². The summed E-state index contributed by atoms with van der Waals surface area (Å²) in [5.74, 6) is -1.60.